The molecule has 0 radical (unpaired) electrons. The van der Waals surface area contributed by atoms with Crippen molar-refractivity contribution in [1.82, 2.24) is 20.3 Å². The summed E-state index contributed by atoms with van der Waals surface area (Å²) in [4.78, 5) is 24.5. The van der Waals surface area contributed by atoms with Gasteiger partial charge in [-0.15, -0.1) is 0 Å². The van der Waals surface area contributed by atoms with Crippen LogP contribution in [0.2, 0.25) is 5.02 Å². The van der Waals surface area contributed by atoms with Gasteiger partial charge in [0.15, 0.2) is 0 Å². The molecule has 0 atom stereocenters. The molecular weight excluding hydrogens is 276 g/mol. The number of hydrogen-bond donors (Lipinski definition) is 1. The summed E-state index contributed by atoms with van der Waals surface area (Å²) in [5.74, 6) is 0.400. The van der Waals surface area contributed by atoms with Gasteiger partial charge in [0.2, 0.25) is 0 Å². The fourth-order valence-corrected chi connectivity index (χ4v) is 1.75. The quantitative estimate of drug-likeness (QED) is 0.940. The fourth-order valence-electron chi connectivity index (χ4n) is 1.58. The topological polar surface area (TPSA) is 67.8 Å². The maximum Gasteiger partial charge on any atom is 0.271 e. The summed E-state index contributed by atoms with van der Waals surface area (Å²) in [7, 11) is 0. The Kier molecular flexibility index (Phi) is 4.63. The third-order valence-electron chi connectivity index (χ3n) is 2.65. The Labute approximate surface area is 122 Å². The number of nitrogens with zero attached hydrogens (tertiary/aromatic N) is 3. The zero-order chi connectivity index (χ0) is 14.5. The molecule has 0 aliphatic heterocycles. The van der Waals surface area contributed by atoms with Gasteiger partial charge in [-0.3, -0.25) is 9.78 Å². The van der Waals surface area contributed by atoms with Crippen molar-refractivity contribution in [3.8, 4) is 0 Å². The molecule has 2 heterocycles. The summed E-state index contributed by atoms with van der Waals surface area (Å²) in [6.07, 6.45) is 3.13. The van der Waals surface area contributed by atoms with Gasteiger partial charge in [-0.2, -0.15) is 0 Å². The second-order valence-corrected chi connectivity index (χ2v) is 4.99. The van der Waals surface area contributed by atoms with Crippen molar-refractivity contribution in [2.24, 2.45) is 0 Å². The van der Waals surface area contributed by atoms with E-state index in [1.165, 1.54) is 6.20 Å². The van der Waals surface area contributed by atoms with E-state index in [0.717, 1.165) is 5.69 Å². The van der Waals surface area contributed by atoms with Crippen LogP contribution in [-0.2, 0) is 6.54 Å². The van der Waals surface area contributed by atoms with E-state index in [1.54, 1.807) is 6.20 Å². The predicted octanol–water partition coefficient (Wildman–Crippen LogP) is 2.58. The molecule has 5 nitrogen and oxygen atoms in total. The first-order chi connectivity index (χ1) is 9.58. The molecule has 6 heteroatoms. The zero-order valence-electron chi connectivity index (χ0n) is 11.3. The van der Waals surface area contributed by atoms with Gasteiger partial charge in [0.05, 0.1) is 23.5 Å². The minimum Gasteiger partial charge on any atom is -0.345 e. The molecule has 104 valence electrons. The van der Waals surface area contributed by atoms with Crippen LogP contribution in [0.1, 0.15) is 41.8 Å². The highest BCUT2D eigenvalue weighted by molar-refractivity contribution is 6.33. The highest BCUT2D eigenvalue weighted by Crippen LogP contribution is 2.16. The lowest BCUT2D eigenvalue weighted by Gasteiger charge is -2.08. The molecule has 0 saturated heterocycles. The largest absolute Gasteiger partial charge is 0.345 e. The molecule has 1 amide bonds. The monoisotopic (exact) mass is 290 g/mol. The summed E-state index contributed by atoms with van der Waals surface area (Å²) in [5, 5.41) is 2.99. The molecule has 0 fully saturated rings. The summed E-state index contributed by atoms with van der Waals surface area (Å²) < 4.78 is 0. The lowest BCUT2D eigenvalue weighted by molar-refractivity contribution is 0.0945. The smallest absolute Gasteiger partial charge is 0.271 e. The maximum absolute atomic E-state index is 12.1. The first-order valence-electron chi connectivity index (χ1n) is 6.28. The van der Waals surface area contributed by atoms with Gasteiger partial charge in [-0.05, 0) is 12.1 Å². The normalized spacial score (nSPS) is 10.6. The predicted molar refractivity (Wildman–Crippen MR) is 76.5 cm³/mol. The summed E-state index contributed by atoms with van der Waals surface area (Å²) in [6, 6.07) is 5.52. The van der Waals surface area contributed by atoms with Crippen LogP contribution in [0.25, 0.3) is 0 Å². The van der Waals surface area contributed by atoms with Crippen LogP contribution in [0.15, 0.2) is 30.6 Å². The average molecular weight is 291 g/mol. The number of carbonyl (C=O) groups is 1. The summed E-state index contributed by atoms with van der Waals surface area (Å²) >= 11 is 5.98. The maximum atomic E-state index is 12.1. The van der Waals surface area contributed by atoms with E-state index in [1.807, 2.05) is 32.0 Å². The van der Waals surface area contributed by atoms with Crippen LogP contribution in [-0.4, -0.2) is 20.9 Å². The van der Waals surface area contributed by atoms with Crippen molar-refractivity contribution in [1.29, 1.82) is 0 Å². The molecule has 0 aliphatic rings. The molecule has 2 aromatic rings. The fraction of sp³-hybridized carbons (Fsp3) is 0.286. The van der Waals surface area contributed by atoms with E-state index >= 15 is 0 Å². The molecule has 0 unspecified atom stereocenters. The van der Waals surface area contributed by atoms with Gasteiger partial charge in [0.1, 0.15) is 11.5 Å². The van der Waals surface area contributed by atoms with E-state index in [0.29, 0.717) is 12.4 Å². The number of rotatable bonds is 4. The Morgan fingerprint density at radius 1 is 1.35 bits per heavy atom. The van der Waals surface area contributed by atoms with E-state index in [-0.39, 0.29) is 22.5 Å². The summed E-state index contributed by atoms with van der Waals surface area (Å²) in [6.45, 7) is 4.24. The van der Waals surface area contributed by atoms with E-state index in [4.69, 9.17) is 11.6 Å². The Hall–Kier alpha value is -2.01. The number of carbonyl (C=O) groups excluding carboxylic acids is 1. The first-order valence-corrected chi connectivity index (χ1v) is 6.66. The van der Waals surface area contributed by atoms with Gasteiger partial charge in [-0.25, -0.2) is 9.97 Å². The van der Waals surface area contributed by atoms with Crippen molar-refractivity contribution in [3.05, 3.63) is 52.8 Å². The first kappa shape index (κ1) is 14.4. The van der Waals surface area contributed by atoms with Crippen LogP contribution in [0.5, 0.6) is 0 Å². The minimum atomic E-state index is -0.329. The van der Waals surface area contributed by atoms with Crippen LogP contribution >= 0.6 is 11.6 Å². The summed E-state index contributed by atoms with van der Waals surface area (Å²) in [5.41, 5.74) is 0.969. The molecule has 2 rings (SSSR count). The van der Waals surface area contributed by atoms with Gasteiger partial charge < -0.3 is 5.32 Å². The Morgan fingerprint density at radius 3 is 2.80 bits per heavy atom. The van der Waals surface area contributed by atoms with Crippen molar-refractivity contribution in [2.45, 2.75) is 26.3 Å². The van der Waals surface area contributed by atoms with Crippen LogP contribution in [0, 0.1) is 0 Å². The standard InChI is InChI=1S/C14H15ClN4O/c1-9(2)13-17-8-11(15)12(19-13)14(20)18-7-10-5-3-4-6-16-10/h3-6,8-9H,7H2,1-2H3,(H,18,20). The number of hydrogen-bond acceptors (Lipinski definition) is 4. The Morgan fingerprint density at radius 2 is 2.15 bits per heavy atom. The van der Waals surface area contributed by atoms with Crippen molar-refractivity contribution < 1.29 is 4.79 Å². The lowest BCUT2D eigenvalue weighted by atomic mass is 10.2. The zero-order valence-corrected chi connectivity index (χ0v) is 12.1. The highest BCUT2D eigenvalue weighted by Gasteiger charge is 2.15. The number of aromatic nitrogens is 3. The SMILES string of the molecule is CC(C)c1ncc(Cl)c(C(=O)NCc2ccccn2)n1. The highest BCUT2D eigenvalue weighted by atomic mass is 35.5. The molecule has 20 heavy (non-hydrogen) atoms. The Bertz CT molecular complexity index is 601. The van der Waals surface area contributed by atoms with Gasteiger partial charge in [0.25, 0.3) is 5.91 Å². The average Bonchev–Trinajstić information content (AvgIpc) is 2.46. The molecule has 1 N–H and O–H groups in total. The minimum absolute atomic E-state index is 0.134. The van der Waals surface area contributed by atoms with Crippen molar-refractivity contribution in [3.63, 3.8) is 0 Å². The molecule has 0 aliphatic carbocycles. The third-order valence-corrected chi connectivity index (χ3v) is 2.93. The van der Waals surface area contributed by atoms with Crippen molar-refractivity contribution in [2.75, 3.05) is 0 Å². The van der Waals surface area contributed by atoms with E-state index < -0.39 is 0 Å². The molecule has 0 saturated carbocycles. The van der Waals surface area contributed by atoms with Crippen LogP contribution in [0.4, 0.5) is 0 Å². The number of pyridine rings is 1. The van der Waals surface area contributed by atoms with E-state index in [2.05, 4.69) is 20.3 Å². The molecule has 0 spiro atoms. The van der Waals surface area contributed by atoms with Crippen LogP contribution in [0.3, 0.4) is 0 Å². The molecule has 0 aromatic carbocycles. The van der Waals surface area contributed by atoms with Crippen LogP contribution < -0.4 is 5.32 Å². The second-order valence-electron chi connectivity index (χ2n) is 4.58. The second kappa shape index (κ2) is 6.43. The van der Waals surface area contributed by atoms with Gasteiger partial charge >= 0.3 is 0 Å². The lowest BCUT2D eigenvalue weighted by Crippen LogP contribution is -2.25. The molecule has 0 bridgehead atoms. The number of amides is 1. The van der Waals surface area contributed by atoms with Crippen molar-refractivity contribution >= 4 is 17.5 Å². The Balaban J connectivity index is 2.11. The third kappa shape index (κ3) is 3.51. The van der Waals surface area contributed by atoms with E-state index in [9.17, 15) is 4.79 Å². The molecule has 2 aromatic heterocycles. The van der Waals surface area contributed by atoms with Gasteiger partial charge in [0, 0.05) is 12.1 Å². The number of halogens is 1. The van der Waals surface area contributed by atoms with Gasteiger partial charge in [-0.1, -0.05) is 31.5 Å². The molecular formula is C14H15ClN4O. The number of nitrogens with one attached hydrogen (secondary N) is 1.